The number of aryl methyl sites for hydroxylation is 1. The fraction of sp³-hybridized carbons (Fsp3) is 0.364. The molecule has 3 nitrogen and oxygen atoms in total. The van der Waals surface area contributed by atoms with E-state index in [1.54, 1.807) is 11.3 Å². The number of aromatic nitrogens is 2. The van der Waals surface area contributed by atoms with Crippen molar-refractivity contribution in [2.24, 2.45) is 7.05 Å². The standard InChI is InChI=1S/C11H14BrN3S/c1-15-8-9(6-14-15)4-5-13-7-10-2-3-11(12)16-10/h2-3,6,8,13H,4-5,7H2,1H3. The number of nitrogens with zero attached hydrogens (tertiary/aromatic N) is 2. The van der Waals surface area contributed by atoms with Gasteiger partial charge in [-0.2, -0.15) is 5.10 Å². The summed E-state index contributed by atoms with van der Waals surface area (Å²) in [4.78, 5) is 1.36. The van der Waals surface area contributed by atoms with E-state index in [2.05, 4.69) is 44.7 Å². The summed E-state index contributed by atoms with van der Waals surface area (Å²) < 4.78 is 3.03. The van der Waals surface area contributed by atoms with Gasteiger partial charge >= 0.3 is 0 Å². The van der Waals surface area contributed by atoms with Crippen LogP contribution in [0.15, 0.2) is 28.3 Å². The van der Waals surface area contributed by atoms with Gasteiger partial charge in [-0.1, -0.05) is 0 Å². The number of hydrogen-bond donors (Lipinski definition) is 1. The summed E-state index contributed by atoms with van der Waals surface area (Å²) in [5, 5.41) is 7.57. The molecule has 0 saturated heterocycles. The minimum absolute atomic E-state index is 0.941. The summed E-state index contributed by atoms with van der Waals surface area (Å²) in [6, 6.07) is 4.23. The Morgan fingerprint density at radius 3 is 3.00 bits per heavy atom. The molecule has 86 valence electrons. The molecule has 2 aromatic heterocycles. The molecule has 0 unspecified atom stereocenters. The molecule has 2 heterocycles. The van der Waals surface area contributed by atoms with Crippen LogP contribution < -0.4 is 5.32 Å². The minimum atomic E-state index is 0.941. The molecule has 0 amide bonds. The van der Waals surface area contributed by atoms with Gasteiger partial charge in [0.15, 0.2) is 0 Å². The van der Waals surface area contributed by atoms with E-state index < -0.39 is 0 Å². The fourth-order valence-corrected chi connectivity index (χ4v) is 2.94. The Morgan fingerprint density at radius 2 is 2.38 bits per heavy atom. The van der Waals surface area contributed by atoms with Gasteiger partial charge in [-0.25, -0.2) is 0 Å². The molecule has 0 saturated carbocycles. The summed E-state index contributed by atoms with van der Waals surface area (Å²) in [7, 11) is 1.94. The lowest BCUT2D eigenvalue weighted by Gasteiger charge is -2.00. The molecule has 0 fully saturated rings. The zero-order valence-corrected chi connectivity index (χ0v) is 11.5. The highest BCUT2D eigenvalue weighted by Gasteiger charge is 1.98. The van der Waals surface area contributed by atoms with Crippen LogP contribution in [0.3, 0.4) is 0 Å². The number of hydrogen-bond acceptors (Lipinski definition) is 3. The van der Waals surface area contributed by atoms with Gasteiger partial charge in [0, 0.05) is 24.7 Å². The molecule has 0 atom stereocenters. The van der Waals surface area contributed by atoms with Crippen molar-refractivity contribution in [3.8, 4) is 0 Å². The van der Waals surface area contributed by atoms with Crippen molar-refractivity contribution in [2.75, 3.05) is 6.54 Å². The quantitative estimate of drug-likeness (QED) is 0.860. The molecule has 0 aliphatic carbocycles. The highest BCUT2D eigenvalue weighted by molar-refractivity contribution is 9.11. The Kier molecular flexibility index (Phi) is 4.15. The van der Waals surface area contributed by atoms with Crippen LogP contribution in [-0.4, -0.2) is 16.3 Å². The third kappa shape index (κ3) is 3.43. The van der Waals surface area contributed by atoms with E-state index in [4.69, 9.17) is 0 Å². The van der Waals surface area contributed by atoms with Gasteiger partial charge in [-0.3, -0.25) is 4.68 Å². The first-order valence-corrected chi connectivity index (χ1v) is 6.77. The molecule has 1 N–H and O–H groups in total. The summed E-state index contributed by atoms with van der Waals surface area (Å²) in [6.45, 7) is 1.93. The number of nitrogens with one attached hydrogen (secondary N) is 1. The van der Waals surface area contributed by atoms with Gasteiger partial charge < -0.3 is 5.32 Å². The third-order valence-corrected chi connectivity index (χ3v) is 3.90. The Morgan fingerprint density at radius 1 is 1.50 bits per heavy atom. The van der Waals surface area contributed by atoms with Gasteiger partial charge in [-0.05, 0) is 46.6 Å². The molecule has 2 aromatic rings. The smallest absolute Gasteiger partial charge is 0.0701 e. The van der Waals surface area contributed by atoms with Gasteiger partial charge in [0.2, 0.25) is 0 Å². The minimum Gasteiger partial charge on any atom is -0.312 e. The van der Waals surface area contributed by atoms with Crippen molar-refractivity contribution in [3.05, 3.63) is 38.8 Å². The van der Waals surface area contributed by atoms with Crippen LogP contribution in [0.25, 0.3) is 0 Å². The Bertz CT molecular complexity index is 407. The molecule has 0 bridgehead atoms. The van der Waals surface area contributed by atoms with Crippen LogP contribution in [0, 0.1) is 0 Å². The van der Waals surface area contributed by atoms with Gasteiger partial charge in [0.05, 0.1) is 9.98 Å². The highest BCUT2D eigenvalue weighted by Crippen LogP contribution is 2.21. The average molecular weight is 300 g/mol. The zero-order valence-electron chi connectivity index (χ0n) is 9.11. The number of rotatable bonds is 5. The fourth-order valence-electron chi connectivity index (χ4n) is 1.49. The first-order valence-electron chi connectivity index (χ1n) is 5.16. The molecule has 0 aromatic carbocycles. The monoisotopic (exact) mass is 299 g/mol. The summed E-state index contributed by atoms with van der Waals surface area (Å²) in [5.41, 5.74) is 1.28. The van der Waals surface area contributed by atoms with E-state index in [1.165, 1.54) is 14.2 Å². The summed E-state index contributed by atoms with van der Waals surface area (Å²) >= 11 is 5.24. The van der Waals surface area contributed by atoms with E-state index in [0.29, 0.717) is 0 Å². The van der Waals surface area contributed by atoms with E-state index >= 15 is 0 Å². The van der Waals surface area contributed by atoms with E-state index in [1.807, 2.05) is 17.9 Å². The summed E-state index contributed by atoms with van der Waals surface area (Å²) in [5.74, 6) is 0. The lowest BCUT2D eigenvalue weighted by Crippen LogP contribution is -2.15. The van der Waals surface area contributed by atoms with Crippen molar-refractivity contribution >= 4 is 27.3 Å². The van der Waals surface area contributed by atoms with E-state index in [-0.39, 0.29) is 0 Å². The number of halogens is 1. The predicted octanol–water partition coefficient (Wildman–Crippen LogP) is 2.58. The molecule has 0 spiro atoms. The van der Waals surface area contributed by atoms with Crippen LogP contribution >= 0.6 is 27.3 Å². The molecule has 0 aliphatic rings. The van der Waals surface area contributed by atoms with Gasteiger partial charge in [0.1, 0.15) is 0 Å². The van der Waals surface area contributed by atoms with Crippen molar-refractivity contribution < 1.29 is 0 Å². The second-order valence-electron chi connectivity index (χ2n) is 3.65. The van der Waals surface area contributed by atoms with Crippen LogP contribution in [0.2, 0.25) is 0 Å². The lowest BCUT2D eigenvalue weighted by atomic mass is 10.2. The molecular formula is C11H14BrN3S. The molecule has 0 aliphatic heterocycles. The molecule has 0 radical (unpaired) electrons. The largest absolute Gasteiger partial charge is 0.312 e. The van der Waals surface area contributed by atoms with Crippen LogP contribution in [0.4, 0.5) is 0 Å². The first kappa shape index (κ1) is 11.8. The predicted molar refractivity (Wildman–Crippen MR) is 70.6 cm³/mol. The second kappa shape index (κ2) is 5.61. The Labute approximate surface area is 108 Å². The van der Waals surface area contributed by atoms with Crippen LogP contribution in [0.5, 0.6) is 0 Å². The maximum atomic E-state index is 4.14. The van der Waals surface area contributed by atoms with E-state index in [0.717, 1.165) is 19.5 Å². The third-order valence-electron chi connectivity index (χ3n) is 2.28. The van der Waals surface area contributed by atoms with Crippen molar-refractivity contribution in [1.29, 1.82) is 0 Å². The summed E-state index contributed by atoms with van der Waals surface area (Å²) in [6.07, 6.45) is 5.01. The first-order chi connectivity index (χ1) is 7.74. The van der Waals surface area contributed by atoms with Crippen LogP contribution in [0.1, 0.15) is 10.4 Å². The van der Waals surface area contributed by atoms with E-state index in [9.17, 15) is 0 Å². The SMILES string of the molecule is Cn1cc(CCNCc2ccc(Br)s2)cn1. The number of thiophene rings is 1. The van der Waals surface area contributed by atoms with Crippen LogP contribution in [-0.2, 0) is 20.0 Å². The zero-order chi connectivity index (χ0) is 11.4. The Hall–Kier alpha value is -0.650. The van der Waals surface area contributed by atoms with Crippen molar-refractivity contribution in [2.45, 2.75) is 13.0 Å². The maximum Gasteiger partial charge on any atom is 0.0701 e. The average Bonchev–Trinajstić information content (AvgIpc) is 2.83. The Balaban J connectivity index is 1.69. The topological polar surface area (TPSA) is 29.9 Å². The van der Waals surface area contributed by atoms with Gasteiger partial charge in [-0.15, -0.1) is 11.3 Å². The van der Waals surface area contributed by atoms with Gasteiger partial charge in [0.25, 0.3) is 0 Å². The molecular weight excluding hydrogens is 286 g/mol. The van der Waals surface area contributed by atoms with Crippen molar-refractivity contribution in [3.63, 3.8) is 0 Å². The molecule has 16 heavy (non-hydrogen) atoms. The highest BCUT2D eigenvalue weighted by atomic mass is 79.9. The van der Waals surface area contributed by atoms with Crippen molar-refractivity contribution in [1.82, 2.24) is 15.1 Å². The molecule has 5 heteroatoms. The maximum absolute atomic E-state index is 4.14. The lowest BCUT2D eigenvalue weighted by molar-refractivity contribution is 0.693. The normalized spacial score (nSPS) is 10.9. The second-order valence-corrected chi connectivity index (χ2v) is 6.20. The molecule has 2 rings (SSSR count).